The summed E-state index contributed by atoms with van der Waals surface area (Å²) < 4.78 is 5.21. The molecular weight excluding hydrogens is 248 g/mol. The Balaban J connectivity index is 2.21. The minimum absolute atomic E-state index is 0.296. The molecule has 0 saturated carbocycles. The molecule has 2 rings (SSSR count). The van der Waals surface area contributed by atoms with Crippen molar-refractivity contribution >= 4 is 17.2 Å². The highest BCUT2D eigenvalue weighted by atomic mass is 16.9. The number of anilines is 2. The highest BCUT2D eigenvalue weighted by molar-refractivity contribution is 5.81. The molecule has 1 saturated heterocycles. The van der Waals surface area contributed by atoms with Crippen LogP contribution in [0.4, 0.5) is 11.4 Å². The highest BCUT2D eigenvalue weighted by Crippen LogP contribution is 2.33. The Bertz CT molecular complexity index is 454. The fourth-order valence-electron chi connectivity index (χ4n) is 2.13. The van der Waals surface area contributed by atoms with E-state index >= 15 is 0 Å². The van der Waals surface area contributed by atoms with Gasteiger partial charge in [-0.15, -0.1) is 0 Å². The van der Waals surface area contributed by atoms with Crippen molar-refractivity contribution in [1.82, 2.24) is 0 Å². The summed E-state index contributed by atoms with van der Waals surface area (Å²) >= 11 is 0. The Morgan fingerprint density at radius 2 is 1.95 bits per heavy atom. The number of hydrogen-bond acceptors (Lipinski definition) is 6. The number of ether oxygens (including phenoxy) is 1. The van der Waals surface area contributed by atoms with E-state index < -0.39 is 0 Å². The van der Waals surface area contributed by atoms with Crippen molar-refractivity contribution < 1.29 is 14.4 Å². The summed E-state index contributed by atoms with van der Waals surface area (Å²) in [5.74, 6) is 0.746. The molecule has 19 heavy (non-hydrogen) atoms. The molecule has 1 fully saturated rings. The van der Waals surface area contributed by atoms with Crippen molar-refractivity contribution in [1.29, 1.82) is 0 Å². The van der Waals surface area contributed by atoms with Gasteiger partial charge in [-0.3, -0.25) is 9.63 Å². The van der Waals surface area contributed by atoms with Gasteiger partial charge < -0.3 is 20.1 Å². The van der Waals surface area contributed by atoms with Crippen molar-refractivity contribution in [2.75, 3.05) is 37.4 Å². The average Bonchev–Trinajstić information content (AvgIpc) is 2.46. The second kappa shape index (κ2) is 5.90. The molecule has 1 aliphatic heterocycles. The summed E-state index contributed by atoms with van der Waals surface area (Å²) in [7, 11) is 2.81. The first-order chi connectivity index (χ1) is 9.15. The van der Waals surface area contributed by atoms with E-state index in [0.29, 0.717) is 48.4 Å². The van der Waals surface area contributed by atoms with E-state index in [9.17, 15) is 10.0 Å². The van der Waals surface area contributed by atoms with E-state index in [1.165, 1.54) is 14.2 Å². The fraction of sp³-hybridized carbons (Fsp3) is 0.462. The Morgan fingerprint density at radius 1 is 1.26 bits per heavy atom. The molecular formula is C13H17N2O4-. The van der Waals surface area contributed by atoms with Gasteiger partial charge in [-0.2, -0.15) is 0 Å². The van der Waals surface area contributed by atoms with Crippen LogP contribution in [-0.4, -0.2) is 33.1 Å². The molecule has 0 aliphatic carbocycles. The third-order valence-electron chi connectivity index (χ3n) is 3.21. The molecule has 0 radical (unpaired) electrons. The Labute approximate surface area is 112 Å². The van der Waals surface area contributed by atoms with Crippen molar-refractivity contribution in [3.8, 4) is 5.75 Å². The maximum absolute atomic E-state index is 11.5. The predicted octanol–water partition coefficient (Wildman–Crippen LogP) is 1.73. The minimum atomic E-state index is 0.296. The van der Waals surface area contributed by atoms with E-state index in [1.54, 1.807) is 12.1 Å². The van der Waals surface area contributed by atoms with Gasteiger partial charge in [0.05, 0.1) is 19.9 Å². The summed E-state index contributed by atoms with van der Waals surface area (Å²) in [4.78, 5) is 18.0. The maximum Gasteiger partial charge on any atom is 0.145 e. The summed E-state index contributed by atoms with van der Waals surface area (Å²) in [6.45, 7) is 1.40. The summed E-state index contributed by atoms with van der Waals surface area (Å²) in [5.41, 5.74) is 1.26. The molecule has 0 N–H and O–H groups in total. The molecule has 0 atom stereocenters. The zero-order valence-corrected chi connectivity index (χ0v) is 11.1. The van der Waals surface area contributed by atoms with Crippen molar-refractivity contribution in [2.45, 2.75) is 12.8 Å². The van der Waals surface area contributed by atoms with Crippen LogP contribution >= 0.6 is 0 Å². The van der Waals surface area contributed by atoms with Crippen LogP contribution in [0.2, 0.25) is 0 Å². The number of carbonyl (C=O) groups is 1. The smallest absolute Gasteiger partial charge is 0.145 e. The first-order valence-electron chi connectivity index (χ1n) is 6.11. The van der Waals surface area contributed by atoms with Crippen LogP contribution in [-0.2, 0) is 9.63 Å². The lowest BCUT2D eigenvalue weighted by Crippen LogP contribution is -2.33. The molecule has 104 valence electrons. The van der Waals surface area contributed by atoms with Gasteiger partial charge in [0.15, 0.2) is 0 Å². The molecule has 1 heterocycles. The average molecular weight is 265 g/mol. The van der Waals surface area contributed by atoms with Gasteiger partial charge >= 0.3 is 0 Å². The second-order valence-corrected chi connectivity index (χ2v) is 4.32. The monoisotopic (exact) mass is 265 g/mol. The topological polar surface area (TPSA) is 65.1 Å². The van der Waals surface area contributed by atoms with Crippen LogP contribution in [0.1, 0.15) is 12.8 Å². The summed E-state index contributed by atoms with van der Waals surface area (Å²) in [6, 6.07) is 5.27. The molecule has 1 aromatic carbocycles. The molecule has 6 nitrogen and oxygen atoms in total. The zero-order valence-electron chi connectivity index (χ0n) is 11.1. The summed E-state index contributed by atoms with van der Waals surface area (Å²) in [5, 5.41) is 11.9. The number of rotatable bonds is 4. The maximum atomic E-state index is 11.5. The molecule has 1 aliphatic rings. The SMILES string of the molecule is COc1cc(N2CCC(=O)CC2)ccc1N([O-])OC. The number of methoxy groups -OCH3 is 1. The van der Waals surface area contributed by atoms with Crippen molar-refractivity contribution in [2.24, 2.45) is 0 Å². The Morgan fingerprint density at radius 3 is 2.53 bits per heavy atom. The highest BCUT2D eigenvalue weighted by Gasteiger charge is 2.17. The van der Waals surface area contributed by atoms with E-state index in [0.717, 1.165) is 5.69 Å². The lowest BCUT2D eigenvalue weighted by atomic mass is 10.1. The van der Waals surface area contributed by atoms with E-state index in [2.05, 4.69) is 9.74 Å². The first kappa shape index (κ1) is 13.6. The van der Waals surface area contributed by atoms with Gasteiger partial charge in [-0.25, -0.2) is 0 Å². The van der Waals surface area contributed by atoms with Crippen molar-refractivity contribution in [3.63, 3.8) is 0 Å². The number of Topliss-reactive ketones (excluding diaryl/α,β-unsaturated/α-hetero) is 1. The van der Waals surface area contributed by atoms with E-state index in [4.69, 9.17) is 4.74 Å². The van der Waals surface area contributed by atoms with Crippen LogP contribution < -0.4 is 14.9 Å². The van der Waals surface area contributed by atoms with E-state index in [-0.39, 0.29) is 0 Å². The predicted molar refractivity (Wildman–Crippen MR) is 72.3 cm³/mol. The molecule has 0 unspecified atom stereocenters. The first-order valence-corrected chi connectivity index (χ1v) is 6.11. The Hall–Kier alpha value is -1.79. The van der Waals surface area contributed by atoms with Crippen LogP contribution in [0.5, 0.6) is 5.75 Å². The molecule has 0 spiro atoms. The van der Waals surface area contributed by atoms with Crippen LogP contribution in [0.3, 0.4) is 0 Å². The normalized spacial score (nSPS) is 15.5. The zero-order chi connectivity index (χ0) is 13.8. The molecule has 0 amide bonds. The largest absolute Gasteiger partial charge is 0.733 e. The van der Waals surface area contributed by atoms with Gasteiger partial charge in [-0.05, 0) is 12.1 Å². The van der Waals surface area contributed by atoms with Gasteiger partial charge in [0.25, 0.3) is 0 Å². The van der Waals surface area contributed by atoms with E-state index in [1.807, 2.05) is 6.07 Å². The number of piperidine rings is 1. The quantitative estimate of drug-likeness (QED) is 0.772. The molecule has 0 aromatic heterocycles. The lowest BCUT2D eigenvalue weighted by Gasteiger charge is -2.31. The second-order valence-electron chi connectivity index (χ2n) is 4.32. The van der Waals surface area contributed by atoms with Crippen LogP contribution in [0, 0.1) is 5.21 Å². The number of benzene rings is 1. The van der Waals surface area contributed by atoms with Gasteiger partial charge in [-0.1, -0.05) is 0 Å². The molecule has 6 heteroatoms. The van der Waals surface area contributed by atoms with Gasteiger partial charge in [0.1, 0.15) is 11.5 Å². The standard InChI is InChI=1S/C13H17N2O4/c1-18-13-9-10(3-4-12(13)15(17)19-2)14-7-5-11(16)6-8-14/h3-4,9H,5-8H2,1-2H3/q-1. The molecule has 0 bridgehead atoms. The number of nitrogens with zero attached hydrogens (tertiary/aromatic N) is 2. The fourth-order valence-corrected chi connectivity index (χ4v) is 2.13. The number of hydrogen-bond donors (Lipinski definition) is 0. The third kappa shape index (κ3) is 2.97. The Kier molecular flexibility index (Phi) is 4.24. The number of ketones is 1. The third-order valence-corrected chi connectivity index (χ3v) is 3.21. The minimum Gasteiger partial charge on any atom is -0.733 e. The number of carbonyl (C=O) groups excluding carboxylic acids is 1. The lowest BCUT2D eigenvalue weighted by molar-refractivity contribution is -0.119. The summed E-state index contributed by atoms with van der Waals surface area (Å²) in [6.07, 6.45) is 1.13. The van der Waals surface area contributed by atoms with Crippen molar-refractivity contribution in [3.05, 3.63) is 23.4 Å². The van der Waals surface area contributed by atoms with Crippen LogP contribution in [0.15, 0.2) is 18.2 Å². The van der Waals surface area contributed by atoms with Gasteiger partial charge in [0.2, 0.25) is 0 Å². The van der Waals surface area contributed by atoms with Crippen LogP contribution in [0.25, 0.3) is 0 Å². The van der Waals surface area contributed by atoms with Gasteiger partial charge in [0, 0.05) is 37.7 Å². The molecule has 1 aromatic rings.